The van der Waals surface area contributed by atoms with E-state index >= 15 is 0 Å². The molecule has 0 radical (unpaired) electrons. The van der Waals surface area contributed by atoms with E-state index in [4.69, 9.17) is 0 Å². The van der Waals surface area contributed by atoms with Crippen LogP contribution in [-0.4, -0.2) is 21.1 Å². The summed E-state index contributed by atoms with van der Waals surface area (Å²) >= 11 is 3.23. The summed E-state index contributed by atoms with van der Waals surface area (Å²) in [6, 6.07) is 5.49. The second-order valence-electron chi connectivity index (χ2n) is 2.94. The number of rotatable bonds is 3. The second-order valence-corrected chi connectivity index (χ2v) is 3.92. The van der Waals surface area contributed by atoms with Crippen LogP contribution < -0.4 is 0 Å². The predicted molar refractivity (Wildman–Crippen MR) is 59.1 cm³/mol. The number of alkyl halides is 1. The Labute approximate surface area is 95.1 Å². The molecule has 0 N–H and O–H groups in total. The molecule has 2 aromatic rings. The number of carbonyl (C=O) groups is 1. The van der Waals surface area contributed by atoms with Gasteiger partial charge in [-0.2, -0.15) is 5.10 Å². The highest BCUT2D eigenvalue weighted by Gasteiger charge is 2.06. The van der Waals surface area contributed by atoms with Crippen molar-refractivity contribution in [2.75, 3.05) is 0 Å². The highest BCUT2D eigenvalue weighted by Crippen LogP contribution is 2.19. The number of hydrogen-bond donors (Lipinski definition) is 0. The summed E-state index contributed by atoms with van der Waals surface area (Å²) in [4.78, 5) is 14.4. The Bertz CT molecular complexity index is 438. The number of hydrogen-bond acceptors (Lipinski definition) is 3. The van der Waals surface area contributed by atoms with Gasteiger partial charge in [0.2, 0.25) is 0 Å². The molecule has 4 nitrogen and oxygen atoms in total. The largest absolute Gasteiger partial charge is 0.302 e. The van der Waals surface area contributed by atoms with Gasteiger partial charge < -0.3 is 4.79 Å². The number of halogens is 1. The van der Waals surface area contributed by atoms with E-state index in [0.29, 0.717) is 0 Å². The van der Waals surface area contributed by atoms with E-state index in [9.17, 15) is 4.79 Å². The van der Waals surface area contributed by atoms with Crippen molar-refractivity contribution in [1.29, 1.82) is 0 Å². The molecule has 0 bridgehead atoms. The van der Waals surface area contributed by atoms with Gasteiger partial charge in [0.1, 0.15) is 6.29 Å². The minimum atomic E-state index is -0.295. The maximum Gasteiger partial charge on any atom is 0.153 e. The Morgan fingerprint density at radius 3 is 2.87 bits per heavy atom. The van der Waals surface area contributed by atoms with Gasteiger partial charge in [-0.1, -0.05) is 22.0 Å². The molecule has 0 saturated carbocycles. The van der Waals surface area contributed by atoms with Gasteiger partial charge in [-0.25, -0.2) is 9.67 Å². The molecule has 2 aromatic heterocycles. The van der Waals surface area contributed by atoms with Gasteiger partial charge in [0.15, 0.2) is 5.82 Å². The summed E-state index contributed by atoms with van der Waals surface area (Å²) in [5, 5.41) is 4.05. The Kier molecular flexibility index (Phi) is 2.91. The predicted octanol–water partition coefficient (Wildman–Crippen LogP) is 1.90. The maximum absolute atomic E-state index is 10.5. The van der Waals surface area contributed by atoms with Crippen LogP contribution in [0.2, 0.25) is 0 Å². The summed E-state index contributed by atoms with van der Waals surface area (Å²) in [5.41, 5.74) is 0.834. The van der Waals surface area contributed by atoms with Crippen molar-refractivity contribution >= 4 is 22.2 Å². The number of carbonyl (C=O) groups excluding carboxylic acids is 1. The van der Waals surface area contributed by atoms with E-state index in [2.05, 4.69) is 26.0 Å². The third-order valence-electron chi connectivity index (χ3n) is 1.95. The smallest absolute Gasteiger partial charge is 0.153 e. The van der Waals surface area contributed by atoms with Crippen molar-refractivity contribution in [3.8, 4) is 5.82 Å². The fourth-order valence-electron chi connectivity index (χ4n) is 1.18. The molecule has 76 valence electrons. The Morgan fingerprint density at radius 2 is 2.33 bits per heavy atom. The Hall–Kier alpha value is -1.49. The van der Waals surface area contributed by atoms with Gasteiger partial charge in [0.05, 0.1) is 4.83 Å². The average molecular weight is 266 g/mol. The highest BCUT2D eigenvalue weighted by molar-refractivity contribution is 9.09. The van der Waals surface area contributed by atoms with Gasteiger partial charge in [-0.3, -0.25) is 0 Å². The number of nitrogens with zero attached hydrogens (tertiary/aromatic N) is 3. The van der Waals surface area contributed by atoms with Crippen LogP contribution in [0.4, 0.5) is 0 Å². The fourth-order valence-corrected chi connectivity index (χ4v) is 1.45. The molecule has 0 aliphatic rings. The molecule has 0 fully saturated rings. The molecule has 0 aliphatic carbocycles. The number of aromatic nitrogens is 3. The van der Waals surface area contributed by atoms with E-state index in [0.717, 1.165) is 17.7 Å². The van der Waals surface area contributed by atoms with Crippen molar-refractivity contribution in [3.05, 3.63) is 42.4 Å². The molecule has 0 spiro atoms. The van der Waals surface area contributed by atoms with Gasteiger partial charge in [-0.05, 0) is 17.7 Å². The van der Waals surface area contributed by atoms with Crippen LogP contribution >= 0.6 is 15.9 Å². The standard InChI is InChI=1S/C10H8BrN3O/c11-9(7-15)8-2-3-10(12-6-8)14-5-1-4-13-14/h1-7,9H. The lowest BCUT2D eigenvalue weighted by atomic mass is 10.2. The van der Waals surface area contributed by atoms with Gasteiger partial charge in [0.25, 0.3) is 0 Å². The van der Waals surface area contributed by atoms with Crippen LogP contribution in [0.25, 0.3) is 5.82 Å². The molecule has 1 unspecified atom stereocenters. The summed E-state index contributed by atoms with van der Waals surface area (Å²) in [6.07, 6.45) is 5.98. The molecule has 2 rings (SSSR count). The van der Waals surface area contributed by atoms with Crippen LogP contribution in [0.15, 0.2) is 36.8 Å². The van der Waals surface area contributed by atoms with Gasteiger partial charge >= 0.3 is 0 Å². The lowest BCUT2D eigenvalue weighted by Crippen LogP contribution is -1.99. The maximum atomic E-state index is 10.5. The summed E-state index contributed by atoms with van der Waals surface area (Å²) in [7, 11) is 0. The second kappa shape index (κ2) is 4.35. The highest BCUT2D eigenvalue weighted by atomic mass is 79.9. The van der Waals surface area contributed by atoms with E-state index in [-0.39, 0.29) is 4.83 Å². The lowest BCUT2D eigenvalue weighted by Gasteiger charge is -2.03. The molecule has 2 heterocycles. The van der Waals surface area contributed by atoms with E-state index in [1.165, 1.54) is 0 Å². The Balaban J connectivity index is 2.28. The molecule has 15 heavy (non-hydrogen) atoms. The van der Waals surface area contributed by atoms with Crippen molar-refractivity contribution < 1.29 is 4.79 Å². The topological polar surface area (TPSA) is 47.8 Å². The lowest BCUT2D eigenvalue weighted by molar-refractivity contribution is -0.107. The quantitative estimate of drug-likeness (QED) is 0.629. The normalized spacial score (nSPS) is 12.3. The van der Waals surface area contributed by atoms with E-state index < -0.39 is 0 Å². The van der Waals surface area contributed by atoms with E-state index in [1.54, 1.807) is 17.1 Å². The first-order chi connectivity index (χ1) is 7.31. The van der Waals surface area contributed by atoms with Crippen LogP contribution in [0.5, 0.6) is 0 Å². The zero-order valence-electron chi connectivity index (χ0n) is 7.75. The van der Waals surface area contributed by atoms with Gasteiger partial charge in [-0.15, -0.1) is 0 Å². The first-order valence-corrected chi connectivity index (χ1v) is 5.28. The zero-order chi connectivity index (χ0) is 10.7. The molecule has 5 heteroatoms. The summed E-state index contributed by atoms with van der Waals surface area (Å²) in [6.45, 7) is 0. The Morgan fingerprint density at radius 1 is 1.47 bits per heavy atom. The third kappa shape index (κ3) is 2.12. The zero-order valence-corrected chi connectivity index (χ0v) is 9.33. The minimum absolute atomic E-state index is 0.295. The number of aldehydes is 1. The first kappa shape index (κ1) is 10.0. The van der Waals surface area contributed by atoms with Crippen molar-refractivity contribution in [2.45, 2.75) is 4.83 Å². The third-order valence-corrected chi connectivity index (χ3v) is 2.69. The first-order valence-electron chi connectivity index (χ1n) is 4.36. The molecular formula is C10H8BrN3O. The molecule has 0 saturated heterocycles. The van der Waals surface area contributed by atoms with Crippen molar-refractivity contribution in [2.24, 2.45) is 0 Å². The molecule has 1 atom stereocenters. The SMILES string of the molecule is O=CC(Br)c1ccc(-n2cccn2)nc1. The molecule has 0 amide bonds. The minimum Gasteiger partial charge on any atom is -0.302 e. The fraction of sp³-hybridized carbons (Fsp3) is 0.100. The van der Waals surface area contributed by atoms with Crippen molar-refractivity contribution in [3.63, 3.8) is 0 Å². The van der Waals surface area contributed by atoms with Crippen LogP contribution in [-0.2, 0) is 4.79 Å². The average Bonchev–Trinajstić information content (AvgIpc) is 2.82. The summed E-state index contributed by atoms with van der Waals surface area (Å²) < 4.78 is 1.66. The number of pyridine rings is 1. The van der Waals surface area contributed by atoms with Crippen LogP contribution in [0.1, 0.15) is 10.4 Å². The van der Waals surface area contributed by atoms with E-state index in [1.807, 2.05) is 24.4 Å². The molecular weight excluding hydrogens is 258 g/mol. The molecule has 0 aliphatic heterocycles. The van der Waals surface area contributed by atoms with Crippen molar-refractivity contribution in [1.82, 2.24) is 14.8 Å². The summed E-state index contributed by atoms with van der Waals surface area (Å²) in [5.74, 6) is 0.731. The van der Waals surface area contributed by atoms with Crippen LogP contribution in [0.3, 0.4) is 0 Å². The van der Waals surface area contributed by atoms with Crippen LogP contribution in [0, 0.1) is 0 Å². The van der Waals surface area contributed by atoms with Gasteiger partial charge in [0, 0.05) is 18.6 Å². The monoisotopic (exact) mass is 265 g/mol. The molecule has 0 aromatic carbocycles.